The van der Waals surface area contributed by atoms with Gasteiger partial charge in [-0.3, -0.25) is 0 Å². The van der Waals surface area contributed by atoms with Gasteiger partial charge in [-0.2, -0.15) is 0 Å². The highest BCUT2D eigenvalue weighted by molar-refractivity contribution is 5.51. The van der Waals surface area contributed by atoms with E-state index in [2.05, 4.69) is 41.3 Å². The molecule has 19 heavy (non-hydrogen) atoms. The molecule has 2 rings (SSSR count). The lowest BCUT2D eigenvalue weighted by atomic mass is 10.1. The van der Waals surface area contributed by atoms with Gasteiger partial charge in [0.1, 0.15) is 12.3 Å². The molecule has 0 aliphatic carbocycles. The lowest BCUT2D eigenvalue weighted by Gasteiger charge is -2.08. The van der Waals surface area contributed by atoms with Crippen LogP contribution in [0.3, 0.4) is 0 Å². The Bertz CT molecular complexity index is 552. The highest BCUT2D eigenvalue weighted by atomic mass is 16.3. The molecule has 0 saturated heterocycles. The largest absolute Gasteiger partial charge is 0.508 e. The summed E-state index contributed by atoms with van der Waals surface area (Å²) >= 11 is 0. The number of phenols is 1. The van der Waals surface area contributed by atoms with Crippen molar-refractivity contribution in [2.24, 2.45) is 0 Å². The smallest absolute Gasteiger partial charge is 0.173 e. The third-order valence-electron chi connectivity index (χ3n) is 3.25. The summed E-state index contributed by atoms with van der Waals surface area (Å²) in [5, 5.41) is 13.2. The predicted molar refractivity (Wildman–Crippen MR) is 77.1 cm³/mol. The number of hydrogen-bond donors (Lipinski definition) is 2. The lowest BCUT2D eigenvalue weighted by Crippen LogP contribution is -2.31. The molecule has 0 saturated carbocycles. The molecule has 0 amide bonds. The molecule has 2 N–H and O–H groups in total. The molecule has 2 aromatic rings. The van der Waals surface area contributed by atoms with Gasteiger partial charge < -0.3 is 10.4 Å². The van der Waals surface area contributed by atoms with Crippen molar-refractivity contribution in [1.29, 1.82) is 0 Å². The van der Waals surface area contributed by atoms with E-state index in [1.165, 1.54) is 5.56 Å². The highest BCUT2D eigenvalue weighted by Crippen LogP contribution is 2.22. The fourth-order valence-corrected chi connectivity index (χ4v) is 2.05. The van der Waals surface area contributed by atoms with Crippen LogP contribution < -0.4 is 9.88 Å². The van der Waals surface area contributed by atoms with Crippen LogP contribution in [0.4, 0.5) is 5.69 Å². The fourth-order valence-electron chi connectivity index (χ4n) is 2.05. The second kappa shape index (κ2) is 6.23. The molecule has 0 fully saturated rings. The van der Waals surface area contributed by atoms with Gasteiger partial charge >= 0.3 is 0 Å². The summed E-state index contributed by atoms with van der Waals surface area (Å²) in [4.78, 5) is 0. The molecular formula is C16H21N2O+. The van der Waals surface area contributed by atoms with Crippen molar-refractivity contribution < 1.29 is 9.67 Å². The van der Waals surface area contributed by atoms with Gasteiger partial charge in [-0.1, -0.05) is 13.0 Å². The number of anilines is 1. The van der Waals surface area contributed by atoms with Gasteiger partial charge in [0, 0.05) is 29.9 Å². The zero-order chi connectivity index (χ0) is 13.7. The molecule has 1 heterocycles. The molecule has 0 aliphatic rings. The summed E-state index contributed by atoms with van der Waals surface area (Å²) in [7, 11) is 0. The Kier molecular flexibility index (Phi) is 4.39. The Balaban J connectivity index is 2.03. The van der Waals surface area contributed by atoms with E-state index in [1.807, 2.05) is 19.1 Å². The van der Waals surface area contributed by atoms with Gasteiger partial charge in [0.05, 0.1) is 0 Å². The number of rotatable bonds is 5. The summed E-state index contributed by atoms with van der Waals surface area (Å²) in [6, 6.07) is 9.91. The molecule has 0 aliphatic heterocycles. The van der Waals surface area contributed by atoms with Crippen LogP contribution in [0, 0.1) is 0 Å². The Morgan fingerprint density at radius 2 is 2.05 bits per heavy atom. The maximum absolute atomic E-state index is 9.83. The zero-order valence-corrected chi connectivity index (χ0v) is 11.6. The molecule has 1 aromatic heterocycles. The van der Waals surface area contributed by atoms with Gasteiger partial charge in [-0.15, -0.1) is 0 Å². The number of phenolic OH excluding ortho intramolecular Hbond substituents is 1. The number of hydrogen-bond acceptors (Lipinski definition) is 2. The first-order valence-corrected chi connectivity index (χ1v) is 6.76. The second-order valence-corrected chi connectivity index (χ2v) is 4.59. The number of nitrogens with zero attached hydrogens (tertiary/aromatic N) is 1. The molecule has 0 spiro atoms. The normalized spacial score (nSPS) is 10.4. The molecular weight excluding hydrogens is 236 g/mol. The number of aromatic nitrogens is 1. The van der Waals surface area contributed by atoms with Gasteiger partial charge in [-0.25, -0.2) is 4.57 Å². The molecule has 0 bridgehead atoms. The summed E-state index contributed by atoms with van der Waals surface area (Å²) in [6.07, 6.45) is 5.04. The van der Waals surface area contributed by atoms with Crippen LogP contribution in [-0.4, -0.2) is 5.11 Å². The fraction of sp³-hybridized carbons (Fsp3) is 0.312. The van der Waals surface area contributed by atoms with Crippen molar-refractivity contribution in [2.75, 3.05) is 5.32 Å². The minimum absolute atomic E-state index is 0.365. The Morgan fingerprint density at radius 3 is 2.74 bits per heavy atom. The second-order valence-electron chi connectivity index (χ2n) is 4.59. The van der Waals surface area contributed by atoms with E-state index < -0.39 is 0 Å². The van der Waals surface area contributed by atoms with Crippen LogP contribution in [0.1, 0.15) is 25.0 Å². The monoisotopic (exact) mass is 257 g/mol. The van der Waals surface area contributed by atoms with Crippen LogP contribution in [0.25, 0.3) is 0 Å². The van der Waals surface area contributed by atoms with Crippen molar-refractivity contribution in [3.05, 3.63) is 53.9 Å². The van der Waals surface area contributed by atoms with Gasteiger partial charge in [0.15, 0.2) is 12.4 Å². The van der Waals surface area contributed by atoms with Crippen LogP contribution in [-0.2, 0) is 19.5 Å². The van der Waals surface area contributed by atoms with E-state index in [-0.39, 0.29) is 0 Å². The van der Waals surface area contributed by atoms with Gasteiger partial charge in [-0.05, 0) is 31.0 Å². The van der Waals surface area contributed by atoms with E-state index in [1.54, 1.807) is 6.07 Å². The third kappa shape index (κ3) is 3.47. The minimum Gasteiger partial charge on any atom is -0.508 e. The summed E-state index contributed by atoms with van der Waals surface area (Å²) in [6.45, 7) is 5.89. The summed E-state index contributed by atoms with van der Waals surface area (Å²) < 4.78 is 2.15. The zero-order valence-electron chi connectivity index (χ0n) is 11.6. The van der Waals surface area contributed by atoms with Crippen LogP contribution in [0.5, 0.6) is 5.75 Å². The Morgan fingerprint density at radius 1 is 1.21 bits per heavy atom. The van der Waals surface area contributed by atoms with E-state index in [9.17, 15) is 5.11 Å². The van der Waals surface area contributed by atoms with E-state index in [4.69, 9.17) is 0 Å². The predicted octanol–water partition coefficient (Wildman–Crippen LogP) is 2.87. The minimum atomic E-state index is 0.365. The van der Waals surface area contributed by atoms with Crippen molar-refractivity contribution >= 4 is 5.69 Å². The van der Waals surface area contributed by atoms with Crippen molar-refractivity contribution in [3.63, 3.8) is 0 Å². The van der Waals surface area contributed by atoms with E-state index >= 15 is 0 Å². The standard InChI is InChI=1S/C16H20N2O/c1-3-14-7-8-15(10-16(14)19)17-11-13-6-5-9-18(4-2)12-13/h5-10,12,17H,3-4,11H2,1-2H3/p+1. The average molecular weight is 257 g/mol. The van der Waals surface area contributed by atoms with E-state index in [0.29, 0.717) is 5.75 Å². The van der Waals surface area contributed by atoms with Crippen molar-refractivity contribution in [1.82, 2.24) is 0 Å². The quantitative estimate of drug-likeness (QED) is 0.808. The van der Waals surface area contributed by atoms with Crippen molar-refractivity contribution in [2.45, 2.75) is 33.4 Å². The third-order valence-corrected chi connectivity index (χ3v) is 3.25. The average Bonchev–Trinajstić information content (AvgIpc) is 2.45. The molecule has 3 nitrogen and oxygen atoms in total. The molecule has 3 heteroatoms. The molecule has 0 unspecified atom stereocenters. The maximum atomic E-state index is 9.83. The Hall–Kier alpha value is -2.03. The van der Waals surface area contributed by atoms with E-state index in [0.717, 1.165) is 30.8 Å². The summed E-state index contributed by atoms with van der Waals surface area (Å²) in [5.41, 5.74) is 3.15. The van der Waals surface area contributed by atoms with Gasteiger partial charge in [0.2, 0.25) is 0 Å². The first-order valence-electron chi connectivity index (χ1n) is 6.76. The summed E-state index contributed by atoms with van der Waals surface area (Å²) in [5.74, 6) is 0.365. The Labute approximate surface area is 114 Å². The van der Waals surface area contributed by atoms with Crippen LogP contribution >= 0.6 is 0 Å². The molecule has 0 radical (unpaired) electrons. The number of benzene rings is 1. The number of nitrogens with one attached hydrogen (secondary N) is 1. The highest BCUT2D eigenvalue weighted by Gasteiger charge is 2.03. The number of aryl methyl sites for hydroxylation is 2. The molecule has 0 atom stereocenters. The topological polar surface area (TPSA) is 36.1 Å². The van der Waals surface area contributed by atoms with Crippen molar-refractivity contribution in [3.8, 4) is 5.75 Å². The molecule has 1 aromatic carbocycles. The first kappa shape index (κ1) is 13.4. The first-order chi connectivity index (χ1) is 9.22. The van der Waals surface area contributed by atoms with Gasteiger partial charge in [0.25, 0.3) is 0 Å². The van der Waals surface area contributed by atoms with Crippen LogP contribution in [0.15, 0.2) is 42.7 Å². The molecule has 100 valence electrons. The number of aromatic hydroxyl groups is 1. The SMILES string of the molecule is CCc1ccc(NCc2ccc[n+](CC)c2)cc1O. The van der Waals surface area contributed by atoms with Crippen LogP contribution in [0.2, 0.25) is 0 Å². The maximum Gasteiger partial charge on any atom is 0.173 e. The number of pyridine rings is 1. The lowest BCUT2D eigenvalue weighted by molar-refractivity contribution is -0.693.